The Bertz CT molecular complexity index is 381. The summed E-state index contributed by atoms with van der Waals surface area (Å²) in [6.45, 7) is 3.70. The third kappa shape index (κ3) is 3.60. The fourth-order valence-electron chi connectivity index (χ4n) is 1.28. The van der Waals surface area contributed by atoms with Crippen molar-refractivity contribution in [1.82, 2.24) is 5.32 Å². The van der Waals surface area contributed by atoms with E-state index in [0.29, 0.717) is 0 Å². The zero-order valence-corrected chi connectivity index (χ0v) is 11.0. The smallest absolute Gasteiger partial charge is 0.121 e. The first kappa shape index (κ1) is 13.2. The van der Waals surface area contributed by atoms with Crippen molar-refractivity contribution in [3.63, 3.8) is 0 Å². The quantitative estimate of drug-likeness (QED) is 0.892. The minimum atomic E-state index is -0.465. The molecule has 1 aromatic carbocycles. The second kappa shape index (κ2) is 5.44. The van der Waals surface area contributed by atoms with Crippen LogP contribution >= 0.6 is 15.9 Å². The van der Waals surface area contributed by atoms with Crippen molar-refractivity contribution in [1.29, 1.82) is 5.26 Å². The van der Waals surface area contributed by atoms with Crippen molar-refractivity contribution in [3.8, 4) is 6.07 Å². The zero-order chi connectivity index (χ0) is 12.2. The van der Waals surface area contributed by atoms with E-state index >= 15 is 0 Å². The lowest BCUT2D eigenvalue weighted by Crippen LogP contribution is -2.44. The summed E-state index contributed by atoms with van der Waals surface area (Å²) < 4.78 is 0.981. The Balaban J connectivity index is 2.84. The molecular formula is C12H15BrN2O. The second-order valence-corrected chi connectivity index (χ2v) is 5.22. The Morgan fingerprint density at radius 1 is 1.44 bits per heavy atom. The molecule has 0 saturated carbocycles. The van der Waals surface area contributed by atoms with Crippen LogP contribution in [0, 0.1) is 11.3 Å². The SMILES string of the molecule is CC(C)(CO)NC(C#N)c1ccc(Br)cc1. The summed E-state index contributed by atoms with van der Waals surface area (Å²) in [6, 6.07) is 9.35. The molecule has 0 bridgehead atoms. The monoisotopic (exact) mass is 282 g/mol. The minimum Gasteiger partial charge on any atom is -0.394 e. The van der Waals surface area contributed by atoms with Gasteiger partial charge in [0.25, 0.3) is 0 Å². The van der Waals surface area contributed by atoms with Crippen molar-refractivity contribution < 1.29 is 5.11 Å². The van der Waals surface area contributed by atoms with Crippen molar-refractivity contribution in [2.75, 3.05) is 6.61 Å². The fraction of sp³-hybridized carbons (Fsp3) is 0.417. The topological polar surface area (TPSA) is 56.0 Å². The number of rotatable bonds is 4. The van der Waals surface area contributed by atoms with Gasteiger partial charge in [0.05, 0.1) is 12.7 Å². The molecule has 0 aliphatic rings. The first-order valence-electron chi connectivity index (χ1n) is 5.02. The van der Waals surface area contributed by atoms with Gasteiger partial charge in [0.2, 0.25) is 0 Å². The highest BCUT2D eigenvalue weighted by molar-refractivity contribution is 9.10. The minimum absolute atomic E-state index is 0.0122. The number of benzene rings is 1. The molecule has 2 N–H and O–H groups in total. The Morgan fingerprint density at radius 3 is 2.44 bits per heavy atom. The van der Waals surface area contributed by atoms with E-state index in [0.717, 1.165) is 10.0 Å². The van der Waals surface area contributed by atoms with Crippen LogP contribution in [0.25, 0.3) is 0 Å². The van der Waals surface area contributed by atoms with E-state index < -0.39 is 11.6 Å². The number of nitrogens with zero attached hydrogens (tertiary/aromatic N) is 1. The molecule has 0 heterocycles. The number of hydrogen-bond acceptors (Lipinski definition) is 3. The maximum Gasteiger partial charge on any atom is 0.121 e. The maximum atomic E-state index is 9.15. The van der Waals surface area contributed by atoms with Crippen LogP contribution in [0.1, 0.15) is 25.5 Å². The third-order valence-corrected chi connectivity index (χ3v) is 2.79. The standard InChI is InChI=1S/C12H15BrN2O/c1-12(2,8-16)15-11(7-14)9-3-5-10(13)6-4-9/h3-6,11,15-16H,8H2,1-2H3. The number of aliphatic hydroxyl groups is 1. The average molecular weight is 283 g/mol. The van der Waals surface area contributed by atoms with Gasteiger partial charge >= 0.3 is 0 Å². The van der Waals surface area contributed by atoms with Gasteiger partial charge < -0.3 is 5.11 Å². The molecule has 1 atom stereocenters. The maximum absolute atomic E-state index is 9.15. The van der Waals surface area contributed by atoms with Gasteiger partial charge in [0.1, 0.15) is 6.04 Å². The van der Waals surface area contributed by atoms with Crippen LogP contribution in [0.5, 0.6) is 0 Å². The molecule has 0 amide bonds. The molecular weight excluding hydrogens is 268 g/mol. The summed E-state index contributed by atoms with van der Waals surface area (Å²) in [5.74, 6) is 0. The van der Waals surface area contributed by atoms with Gasteiger partial charge in [-0.05, 0) is 31.5 Å². The zero-order valence-electron chi connectivity index (χ0n) is 9.37. The third-order valence-electron chi connectivity index (χ3n) is 2.26. The van der Waals surface area contributed by atoms with Gasteiger partial charge in [-0.15, -0.1) is 0 Å². The number of aliphatic hydroxyl groups excluding tert-OH is 1. The average Bonchev–Trinajstić information content (AvgIpc) is 2.27. The Labute approximate surface area is 104 Å². The molecule has 16 heavy (non-hydrogen) atoms. The lowest BCUT2D eigenvalue weighted by molar-refractivity contribution is 0.182. The summed E-state index contributed by atoms with van der Waals surface area (Å²) in [5, 5.41) is 21.4. The molecule has 4 heteroatoms. The summed E-state index contributed by atoms with van der Waals surface area (Å²) >= 11 is 3.35. The number of nitriles is 1. The summed E-state index contributed by atoms with van der Waals surface area (Å²) in [5.41, 5.74) is 0.431. The molecule has 0 saturated heterocycles. The van der Waals surface area contributed by atoms with Gasteiger partial charge in [-0.2, -0.15) is 5.26 Å². The van der Waals surface area contributed by atoms with Crippen LogP contribution in [0.4, 0.5) is 0 Å². The Morgan fingerprint density at radius 2 is 2.00 bits per heavy atom. The van der Waals surface area contributed by atoms with Crippen molar-refractivity contribution in [2.24, 2.45) is 0 Å². The molecule has 3 nitrogen and oxygen atoms in total. The van der Waals surface area contributed by atoms with Gasteiger partial charge in [-0.3, -0.25) is 5.32 Å². The first-order chi connectivity index (χ1) is 7.48. The Kier molecular flexibility index (Phi) is 4.48. The molecule has 1 unspecified atom stereocenters. The number of hydrogen-bond donors (Lipinski definition) is 2. The fourth-order valence-corrected chi connectivity index (χ4v) is 1.55. The van der Waals surface area contributed by atoms with Crippen LogP contribution in [0.3, 0.4) is 0 Å². The molecule has 0 fully saturated rings. The second-order valence-electron chi connectivity index (χ2n) is 4.30. The van der Waals surface area contributed by atoms with E-state index in [1.165, 1.54) is 0 Å². The normalized spacial score (nSPS) is 13.2. The molecule has 0 spiro atoms. The van der Waals surface area contributed by atoms with Crippen LogP contribution in [0.15, 0.2) is 28.7 Å². The van der Waals surface area contributed by atoms with Crippen molar-refractivity contribution in [3.05, 3.63) is 34.3 Å². The van der Waals surface area contributed by atoms with E-state index in [2.05, 4.69) is 27.3 Å². The molecule has 0 aliphatic carbocycles. The predicted octanol–water partition coefficient (Wildman–Crippen LogP) is 2.37. The highest BCUT2D eigenvalue weighted by Gasteiger charge is 2.21. The lowest BCUT2D eigenvalue weighted by Gasteiger charge is -2.26. The number of halogens is 1. The summed E-state index contributed by atoms with van der Waals surface area (Å²) in [7, 11) is 0. The predicted molar refractivity (Wildman–Crippen MR) is 66.8 cm³/mol. The van der Waals surface area contributed by atoms with Crippen molar-refractivity contribution in [2.45, 2.75) is 25.4 Å². The highest BCUT2D eigenvalue weighted by Crippen LogP contribution is 2.18. The highest BCUT2D eigenvalue weighted by atomic mass is 79.9. The number of nitrogens with one attached hydrogen (secondary N) is 1. The molecule has 0 aromatic heterocycles. The first-order valence-corrected chi connectivity index (χ1v) is 5.81. The molecule has 0 radical (unpaired) electrons. The lowest BCUT2D eigenvalue weighted by atomic mass is 10.0. The molecule has 0 aliphatic heterocycles. The van der Waals surface area contributed by atoms with Gasteiger partial charge in [0, 0.05) is 10.0 Å². The van der Waals surface area contributed by atoms with Crippen LogP contribution in [-0.4, -0.2) is 17.3 Å². The van der Waals surface area contributed by atoms with Crippen molar-refractivity contribution >= 4 is 15.9 Å². The summed E-state index contributed by atoms with van der Waals surface area (Å²) in [4.78, 5) is 0. The van der Waals surface area contributed by atoms with Crippen LogP contribution < -0.4 is 5.32 Å². The van der Waals surface area contributed by atoms with E-state index in [9.17, 15) is 0 Å². The van der Waals surface area contributed by atoms with E-state index in [4.69, 9.17) is 10.4 Å². The van der Waals surface area contributed by atoms with E-state index in [1.54, 1.807) is 0 Å². The Hall–Kier alpha value is -0.890. The molecule has 86 valence electrons. The van der Waals surface area contributed by atoms with Crippen LogP contribution in [0.2, 0.25) is 0 Å². The van der Waals surface area contributed by atoms with Crippen LogP contribution in [-0.2, 0) is 0 Å². The largest absolute Gasteiger partial charge is 0.394 e. The van der Waals surface area contributed by atoms with Gasteiger partial charge in [0.15, 0.2) is 0 Å². The van der Waals surface area contributed by atoms with E-state index in [-0.39, 0.29) is 6.61 Å². The molecule has 1 rings (SSSR count). The van der Waals surface area contributed by atoms with E-state index in [1.807, 2.05) is 38.1 Å². The summed E-state index contributed by atoms with van der Waals surface area (Å²) in [6.07, 6.45) is 0. The van der Waals surface area contributed by atoms with Gasteiger partial charge in [-0.25, -0.2) is 0 Å². The van der Waals surface area contributed by atoms with Gasteiger partial charge in [-0.1, -0.05) is 28.1 Å². The molecule has 1 aromatic rings.